The molecule has 0 spiro atoms. The molecule has 0 bridgehead atoms. The molecule has 0 saturated heterocycles. The average Bonchev–Trinajstić information content (AvgIpc) is 2.70. The van der Waals surface area contributed by atoms with Crippen LogP contribution in [0.4, 0.5) is 0 Å². The third-order valence-electron chi connectivity index (χ3n) is 2.61. The molecule has 0 radical (unpaired) electrons. The summed E-state index contributed by atoms with van der Waals surface area (Å²) in [5.74, 6) is 1.23. The molecule has 1 nitrogen and oxygen atoms in total. The first-order chi connectivity index (χ1) is 5.70. The highest BCUT2D eigenvalue weighted by Crippen LogP contribution is 2.49. The summed E-state index contributed by atoms with van der Waals surface area (Å²) < 4.78 is 0. The van der Waals surface area contributed by atoms with Gasteiger partial charge in [-0.15, -0.1) is 11.3 Å². The zero-order valence-electron chi connectivity index (χ0n) is 7.33. The molecule has 2 rings (SSSR count). The van der Waals surface area contributed by atoms with Gasteiger partial charge in [0.15, 0.2) is 0 Å². The number of hydrogen-bond acceptors (Lipinski definition) is 2. The number of ketones is 1. The number of thiophene rings is 1. The minimum atomic E-state index is 0.332. The van der Waals surface area contributed by atoms with Gasteiger partial charge >= 0.3 is 0 Å². The molecule has 2 heteroatoms. The molecule has 1 fully saturated rings. The second-order valence-corrected chi connectivity index (χ2v) is 4.61. The fourth-order valence-electron chi connectivity index (χ4n) is 1.77. The van der Waals surface area contributed by atoms with Crippen LogP contribution in [-0.4, -0.2) is 5.78 Å². The maximum Gasteiger partial charge on any atom is 0.133 e. The Bertz CT molecular complexity index is 313. The molecular formula is C10H12OS. The van der Waals surface area contributed by atoms with Gasteiger partial charge in [0.2, 0.25) is 0 Å². The van der Waals surface area contributed by atoms with Gasteiger partial charge in [-0.25, -0.2) is 0 Å². The minimum absolute atomic E-state index is 0.332. The number of carbonyl (C=O) groups excluding carboxylic acids is 1. The van der Waals surface area contributed by atoms with Gasteiger partial charge in [0.05, 0.1) is 0 Å². The molecule has 2 unspecified atom stereocenters. The van der Waals surface area contributed by atoms with Gasteiger partial charge in [-0.3, -0.25) is 4.79 Å². The van der Waals surface area contributed by atoms with Crippen LogP contribution in [0, 0.1) is 12.8 Å². The van der Waals surface area contributed by atoms with E-state index in [9.17, 15) is 4.79 Å². The lowest BCUT2D eigenvalue weighted by atomic mass is 10.1. The Morgan fingerprint density at radius 3 is 2.83 bits per heavy atom. The van der Waals surface area contributed by atoms with E-state index in [1.807, 2.05) is 0 Å². The second-order valence-electron chi connectivity index (χ2n) is 3.49. The molecule has 1 aromatic heterocycles. The molecule has 1 aliphatic carbocycles. The predicted molar refractivity (Wildman–Crippen MR) is 50.6 cm³/mol. The van der Waals surface area contributed by atoms with Crippen molar-refractivity contribution in [3.63, 3.8) is 0 Å². The lowest BCUT2D eigenvalue weighted by Crippen LogP contribution is -1.94. The molecule has 0 aliphatic heterocycles. The lowest BCUT2D eigenvalue weighted by molar-refractivity contribution is -0.118. The maximum absolute atomic E-state index is 11.0. The van der Waals surface area contributed by atoms with Crippen LogP contribution in [-0.2, 0) is 4.79 Å². The summed E-state index contributed by atoms with van der Waals surface area (Å²) in [5.41, 5.74) is 1.40. The Balaban J connectivity index is 2.15. The van der Waals surface area contributed by atoms with Crippen molar-refractivity contribution in [3.05, 3.63) is 21.9 Å². The third kappa shape index (κ3) is 1.20. The Labute approximate surface area is 76.4 Å². The van der Waals surface area contributed by atoms with Crippen LogP contribution in [0.1, 0.15) is 29.7 Å². The summed E-state index contributed by atoms with van der Waals surface area (Å²) in [6.07, 6.45) is 1.08. The first kappa shape index (κ1) is 7.99. The van der Waals surface area contributed by atoms with Gasteiger partial charge in [-0.05, 0) is 43.2 Å². The number of aryl methyl sites for hydroxylation is 1. The highest BCUT2D eigenvalue weighted by Gasteiger charge is 2.42. The van der Waals surface area contributed by atoms with E-state index in [0.717, 1.165) is 6.42 Å². The molecule has 64 valence electrons. The van der Waals surface area contributed by atoms with Crippen LogP contribution in [0.3, 0.4) is 0 Å². The van der Waals surface area contributed by atoms with Gasteiger partial charge < -0.3 is 0 Å². The minimum Gasteiger partial charge on any atom is -0.300 e. The molecule has 1 aliphatic rings. The monoisotopic (exact) mass is 180 g/mol. The van der Waals surface area contributed by atoms with E-state index in [4.69, 9.17) is 0 Å². The van der Waals surface area contributed by atoms with Gasteiger partial charge in [-0.1, -0.05) is 0 Å². The van der Waals surface area contributed by atoms with Gasteiger partial charge in [0, 0.05) is 10.8 Å². The topological polar surface area (TPSA) is 17.1 Å². The quantitative estimate of drug-likeness (QED) is 0.684. The first-order valence-electron chi connectivity index (χ1n) is 4.24. The van der Waals surface area contributed by atoms with Crippen molar-refractivity contribution in [1.82, 2.24) is 0 Å². The van der Waals surface area contributed by atoms with Crippen LogP contribution in [0.15, 0.2) is 11.4 Å². The largest absolute Gasteiger partial charge is 0.300 e. The van der Waals surface area contributed by atoms with E-state index in [1.54, 1.807) is 18.3 Å². The van der Waals surface area contributed by atoms with Crippen LogP contribution in [0.5, 0.6) is 0 Å². The van der Waals surface area contributed by atoms with Crippen molar-refractivity contribution < 1.29 is 4.79 Å². The second kappa shape index (κ2) is 2.70. The molecule has 0 aromatic carbocycles. The average molecular weight is 180 g/mol. The van der Waals surface area contributed by atoms with Crippen molar-refractivity contribution >= 4 is 17.1 Å². The number of rotatable bonds is 2. The summed E-state index contributed by atoms with van der Waals surface area (Å²) >= 11 is 1.78. The fraction of sp³-hybridized carbons (Fsp3) is 0.500. The normalized spacial score (nSPS) is 27.2. The highest BCUT2D eigenvalue weighted by atomic mass is 32.1. The highest BCUT2D eigenvalue weighted by molar-refractivity contribution is 7.10. The van der Waals surface area contributed by atoms with Gasteiger partial charge in [-0.2, -0.15) is 0 Å². The standard InChI is InChI=1S/C10H12OS/c1-6(11)9-5-10(9)8-3-4-12-7(8)2/h3-4,9-10H,5H2,1-2H3. The molecule has 1 heterocycles. The van der Waals surface area contributed by atoms with E-state index in [2.05, 4.69) is 18.4 Å². The molecule has 1 saturated carbocycles. The third-order valence-corrected chi connectivity index (χ3v) is 3.47. The zero-order chi connectivity index (χ0) is 8.72. The van der Waals surface area contributed by atoms with Crippen LogP contribution < -0.4 is 0 Å². The van der Waals surface area contributed by atoms with E-state index in [0.29, 0.717) is 17.6 Å². The van der Waals surface area contributed by atoms with Crippen molar-refractivity contribution in [2.24, 2.45) is 5.92 Å². The zero-order valence-corrected chi connectivity index (χ0v) is 8.15. The van der Waals surface area contributed by atoms with E-state index in [-0.39, 0.29) is 0 Å². The Kier molecular flexibility index (Phi) is 1.80. The molecular weight excluding hydrogens is 168 g/mol. The number of Topliss-reactive ketones (excluding diaryl/α,β-unsaturated/α-hetero) is 1. The lowest BCUT2D eigenvalue weighted by Gasteiger charge is -1.95. The Hall–Kier alpha value is -0.630. The van der Waals surface area contributed by atoms with Gasteiger partial charge in [0.25, 0.3) is 0 Å². The van der Waals surface area contributed by atoms with Gasteiger partial charge in [0.1, 0.15) is 5.78 Å². The molecule has 0 N–H and O–H groups in total. The molecule has 1 aromatic rings. The number of hydrogen-bond donors (Lipinski definition) is 0. The summed E-state index contributed by atoms with van der Waals surface area (Å²) in [4.78, 5) is 12.4. The van der Waals surface area contributed by atoms with E-state index >= 15 is 0 Å². The SMILES string of the molecule is CC(=O)C1CC1c1ccsc1C. The Morgan fingerprint density at radius 2 is 2.42 bits per heavy atom. The van der Waals surface area contributed by atoms with Crippen molar-refractivity contribution in [2.75, 3.05) is 0 Å². The van der Waals surface area contributed by atoms with Crippen molar-refractivity contribution in [1.29, 1.82) is 0 Å². The molecule has 0 amide bonds. The van der Waals surface area contributed by atoms with Crippen LogP contribution in [0.2, 0.25) is 0 Å². The number of carbonyl (C=O) groups is 1. The van der Waals surface area contributed by atoms with Crippen molar-refractivity contribution in [2.45, 2.75) is 26.2 Å². The van der Waals surface area contributed by atoms with Crippen LogP contribution in [0.25, 0.3) is 0 Å². The maximum atomic E-state index is 11.0. The molecule has 2 atom stereocenters. The summed E-state index contributed by atoms with van der Waals surface area (Å²) in [5, 5.41) is 2.11. The summed E-state index contributed by atoms with van der Waals surface area (Å²) in [7, 11) is 0. The summed E-state index contributed by atoms with van der Waals surface area (Å²) in [6, 6.07) is 2.16. The van der Waals surface area contributed by atoms with E-state index in [1.165, 1.54) is 10.4 Å². The van der Waals surface area contributed by atoms with E-state index < -0.39 is 0 Å². The fourth-order valence-corrected chi connectivity index (χ4v) is 2.54. The van der Waals surface area contributed by atoms with Crippen molar-refractivity contribution in [3.8, 4) is 0 Å². The first-order valence-corrected chi connectivity index (χ1v) is 5.12. The van der Waals surface area contributed by atoms with Crippen LogP contribution >= 0.6 is 11.3 Å². The molecule has 12 heavy (non-hydrogen) atoms. The predicted octanol–water partition coefficient (Wildman–Crippen LogP) is 2.75. The smallest absolute Gasteiger partial charge is 0.133 e. The Morgan fingerprint density at radius 1 is 1.67 bits per heavy atom. The summed E-state index contributed by atoms with van der Waals surface area (Å²) in [6.45, 7) is 3.84.